The molecule has 116 valence electrons. The van der Waals surface area contributed by atoms with E-state index in [1.165, 1.54) is 18.5 Å². The summed E-state index contributed by atoms with van der Waals surface area (Å²) in [6.45, 7) is 6.33. The van der Waals surface area contributed by atoms with Crippen molar-refractivity contribution in [1.82, 2.24) is 10.2 Å². The average Bonchev–Trinajstić information content (AvgIpc) is 3.37. The second-order valence-electron chi connectivity index (χ2n) is 6.15. The van der Waals surface area contributed by atoms with Crippen LogP contribution in [0.15, 0.2) is 30.3 Å². The summed E-state index contributed by atoms with van der Waals surface area (Å²) in [6.07, 6.45) is 2.70. The van der Waals surface area contributed by atoms with Gasteiger partial charge in [0.15, 0.2) is 0 Å². The largest absolute Gasteiger partial charge is 0.383 e. The number of rotatable bonds is 7. The normalized spacial score (nSPS) is 21.5. The molecule has 0 radical (unpaired) electrons. The molecule has 1 unspecified atom stereocenters. The highest BCUT2D eigenvalue weighted by Crippen LogP contribution is 2.20. The lowest BCUT2D eigenvalue weighted by atomic mass is 10.2. The molecule has 1 aliphatic carbocycles. The first-order valence-electron chi connectivity index (χ1n) is 8.13. The summed E-state index contributed by atoms with van der Waals surface area (Å²) >= 11 is 0. The van der Waals surface area contributed by atoms with Crippen molar-refractivity contribution >= 4 is 5.69 Å². The van der Waals surface area contributed by atoms with Gasteiger partial charge in [0.2, 0.25) is 0 Å². The zero-order valence-electron chi connectivity index (χ0n) is 13.0. The van der Waals surface area contributed by atoms with E-state index in [4.69, 9.17) is 4.74 Å². The number of nitrogens with one attached hydrogen (secondary N) is 1. The molecule has 1 heterocycles. The molecule has 1 N–H and O–H groups in total. The number of piperazine rings is 1. The van der Waals surface area contributed by atoms with Gasteiger partial charge in [-0.3, -0.25) is 4.90 Å². The van der Waals surface area contributed by atoms with E-state index in [9.17, 15) is 0 Å². The van der Waals surface area contributed by atoms with Crippen LogP contribution in [0.5, 0.6) is 0 Å². The topological polar surface area (TPSA) is 27.7 Å². The molecular formula is C17H27N3O. The summed E-state index contributed by atoms with van der Waals surface area (Å²) in [5.74, 6) is 0. The number of hydrogen-bond acceptors (Lipinski definition) is 4. The van der Waals surface area contributed by atoms with Crippen molar-refractivity contribution in [3.8, 4) is 0 Å². The number of anilines is 1. The van der Waals surface area contributed by atoms with E-state index in [0.717, 1.165) is 45.4 Å². The van der Waals surface area contributed by atoms with Gasteiger partial charge in [-0.25, -0.2) is 0 Å². The molecule has 0 bridgehead atoms. The quantitative estimate of drug-likeness (QED) is 0.825. The van der Waals surface area contributed by atoms with Gasteiger partial charge >= 0.3 is 0 Å². The van der Waals surface area contributed by atoms with Crippen LogP contribution in [0.4, 0.5) is 5.69 Å². The Labute approximate surface area is 128 Å². The van der Waals surface area contributed by atoms with Crippen LogP contribution in [0.3, 0.4) is 0 Å². The number of hydrogen-bond donors (Lipinski definition) is 1. The van der Waals surface area contributed by atoms with E-state index >= 15 is 0 Å². The SMILES string of the molecule is COCC(CNC1CC1)N1CCN(c2ccccc2)CC1. The summed E-state index contributed by atoms with van der Waals surface area (Å²) in [4.78, 5) is 5.06. The van der Waals surface area contributed by atoms with Gasteiger partial charge in [-0.1, -0.05) is 18.2 Å². The Morgan fingerprint density at radius 3 is 2.48 bits per heavy atom. The fraction of sp³-hybridized carbons (Fsp3) is 0.647. The number of para-hydroxylation sites is 1. The summed E-state index contributed by atoms with van der Waals surface area (Å²) in [7, 11) is 1.81. The van der Waals surface area contributed by atoms with Crippen molar-refractivity contribution in [2.24, 2.45) is 0 Å². The first kappa shape index (κ1) is 14.8. The Morgan fingerprint density at radius 1 is 1.14 bits per heavy atom. The predicted octanol–water partition coefficient (Wildman–Crippen LogP) is 1.58. The lowest BCUT2D eigenvalue weighted by Gasteiger charge is -2.40. The Bertz CT molecular complexity index is 413. The van der Waals surface area contributed by atoms with E-state index in [-0.39, 0.29) is 0 Å². The van der Waals surface area contributed by atoms with Crippen molar-refractivity contribution in [3.63, 3.8) is 0 Å². The van der Waals surface area contributed by atoms with Gasteiger partial charge in [0, 0.05) is 57.6 Å². The molecule has 4 nitrogen and oxygen atoms in total. The zero-order valence-corrected chi connectivity index (χ0v) is 13.0. The maximum atomic E-state index is 5.43. The van der Waals surface area contributed by atoms with Gasteiger partial charge in [-0.2, -0.15) is 0 Å². The number of benzene rings is 1. The Morgan fingerprint density at radius 2 is 1.86 bits per heavy atom. The lowest BCUT2D eigenvalue weighted by molar-refractivity contribution is 0.0849. The molecule has 1 aromatic carbocycles. The monoisotopic (exact) mass is 289 g/mol. The standard InChI is InChI=1S/C17H27N3O/c1-21-14-17(13-18-15-7-8-15)20-11-9-19(10-12-20)16-5-3-2-4-6-16/h2-6,15,17-18H,7-14H2,1H3. The molecule has 1 atom stereocenters. The summed E-state index contributed by atoms with van der Waals surface area (Å²) in [5, 5.41) is 3.65. The number of nitrogens with zero attached hydrogens (tertiary/aromatic N) is 2. The highest BCUT2D eigenvalue weighted by Gasteiger charge is 2.27. The van der Waals surface area contributed by atoms with Crippen LogP contribution in [0.1, 0.15) is 12.8 Å². The van der Waals surface area contributed by atoms with Crippen molar-refractivity contribution in [3.05, 3.63) is 30.3 Å². The highest BCUT2D eigenvalue weighted by molar-refractivity contribution is 5.46. The van der Waals surface area contributed by atoms with Crippen LogP contribution in [0.2, 0.25) is 0 Å². The molecule has 2 aliphatic rings. The smallest absolute Gasteiger partial charge is 0.0630 e. The first-order chi connectivity index (χ1) is 10.4. The molecule has 4 heteroatoms. The van der Waals surface area contributed by atoms with Crippen molar-refractivity contribution in [2.75, 3.05) is 51.3 Å². The van der Waals surface area contributed by atoms with Crippen molar-refractivity contribution in [2.45, 2.75) is 24.9 Å². The van der Waals surface area contributed by atoms with Crippen LogP contribution >= 0.6 is 0 Å². The van der Waals surface area contributed by atoms with Gasteiger partial charge in [0.1, 0.15) is 0 Å². The zero-order chi connectivity index (χ0) is 14.5. The van der Waals surface area contributed by atoms with Crippen LogP contribution in [0.25, 0.3) is 0 Å². The molecule has 1 saturated heterocycles. The van der Waals surface area contributed by atoms with Crippen molar-refractivity contribution in [1.29, 1.82) is 0 Å². The Hall–Kier alpha value is -1.10. The minimum absolute atomic E-state index is 0.508. The van der Waals surface area contributed by atoms with E-state index in [1.807, 2.05) is 7.11 Å². The summed E-state index contributed by atoms with van der Waals surface area (Å²) in [5.41, 5.74) is 1.34. The molecular weight excluding hydrogens is 262 g/mol. The van der Waals surface area contributed by atoms with Crippen LogP contribution in [-0.2, 0) is 4.74 Å². The third-order valence-electron chi connectivity index (χ3n) is 4.53. The molecule has 0 aromatic heterocycles. The van der Waals surface area contributed by atoms with Gasteiger partial charge < -0.3 is 15.0 Å². The van der Waals surface area contributed by atoms with Gasteiger partial charge in [-0.05, 0) is 25.0 Å². The molecule has 1 saturated carbocycles. The second-order valence-corrected chi connectivity index (χ2v) is 6.15. The first-order valence-corrected chi connectivity index (χ1v) is 8.13. The maximum Gasteiger partial charge on any atom is 0.0630 e. The van der Waals surface area contributed by atoms with E-state index in [0.29, 0.717) is 6.04 Å². The Balaban J connectivity index is 1.50. The molecule has 0 spiro atoms. The minimum atomic E-state index is 0.508. The summed E-state index contributed by atoms with van der Waals surface area (Å²) < 4.78 is 5.43. The van der Waals surface area contributed by atoms with Crippen LogP contribution < -0.4 is 10.2 Å². The molecule has 1 aliphatic heterocycles. The van der Waals surface area contributed by atoms with Gasteiger partial charge in [0.05, 0.1) is 6.61 Å². The predicted molar refractivity (Wildman–Crippen MR) is 86.9 cm³/mol. The molecule has 21 heavy (non-hydrogen) atoms. The summed E-state index contributed by atoms with van der Waals surface area (Å²) in [6, 6.07) is 12.0. The van der Waals surface area contributed by atoms with Gasteiger partial charge in [0.25, 0.3) is 0 Å². The molecule has 2 fully saturated rings. The number of methoxy groups -OCH3 is 1. The lowest BCUT2D eigenvalue weighted by Crippen LogP contribution is -2.54. The fourth-order valence-electron chi connectivity index (χ4n) is 3.06. The van der Waals surface area contributed by atoms with Gasteiger partial charge in [-0.15, -0.1) is 0 Å². The van der Waals surface area contributed by atoms with E-state index in [2.05, 4.69) is 45.4 Å². The molecule has 3 rings (SSSR count). The number of ether oxygens (including phenoxy) is 1. The third-order valence-corrected chi connectivity index (χ3v) is 4.53. The van der Waals surface area contributed by atoms with Crippen molar-refractivity contribution < 1.29 is 4.74 Å². The minimum Gasteiger partial charge on any atom is -0.383 e. The van der Waals surface area contributed by atoms with E-state index in [1.54, 1.807) is 0 Å². The third kappa shape index (κ3) is 4.19. The average molecular weight is 289 g/mol. The highest BCUT2D eigenvalue weighted by atomic mass is 16.5. The Kier molecular flexibility index (Phi) is 5.12. The molecule has 1 aromatic rings. The van der Waals surface area contributed by atoms with E-state index < -0.39 is 0 Å². The molecule has 0 amide bonds. The van der Waals surface area contributed by atoms with Crippen LogP contribution in [-0.4, -0.2) is 63.4 Å². The maximum absolute atomic E-state index is 5.43. The van der Waals surface area contributed by atoms with Crippen LogP contribution in [0, 0.1) is 0 Å². The fourth-order valence-corrected chi connectivity index (χ4v) is 3.06. The second kappa shape index (κ2) is 7.25.